The molecule has 0 saturated carbocycles. The number of carbonyl (C=O) groups excluding carboxylic acids is 1. The van der Waals surface area contributed by atoms with E-state index in [1.807, 2.05) is 55.5 Å². The standard InChI is InChI=1S/C19H18O/c1-2-19(20)15-14-18-11-7-6-10-17(18)13-12-16-8-4-3-5-9-16/h3-11H,2,14-15H2,1H3. The molecule has 0 N–H and O–H groups in total. The highest BCUT2D eigenvalue weighted by Crippen LogP contribution is 2.11. The molecule has 0 atom stereocenters. The van der Waals surface area contributed by atoms with E-state index in [9.17, 15) is 4.79 Å². The zero-order chi connectivity index (χ0) is 14.2. The maximum atomic E-state index is 11.4. The average molecular weight is 262 g/mol. The van der Waals surface area contributed by atoms with Crippen LogP contribution in [0.4, 0.5) is 0 Å². The van der Waals surface area contributed by atoms with Crippen molar-refractivity contribution in [3.05, 3.63) is 71.3 Å². The summed E-state index contributed by atoms with van der Waals surface area (Å²) in [4.78, 5) is 11.4. The Morgan fingerprint density at radius 3 is 2.40 bits per heavy atom. The molecule has 0 aliphatic heterocycles. The molecule has 0 aliphatic rings. The molecule has 1 nitrogen and oxygen atoms in total. The Morgan fingerprint density at radius 2 is 1.65 bits per heavy atom. The van der Waals surface area contributed by atoms with Crippen LogP contribution in [0, 0.1) is 11.8 Å². The largest absolute Gasteiger partial charge is 0.300 e. The molecule has 0 aromatic heterocycles. The van der Waals surface area contributed by atoms with Crippen molar-refractivity contribution in [1.29, 1.82) is 0 Å². The van der Waals surface area contributed by atoms with Gasteiger partial charge in [0.25, 0.3) is 0 Å². The van der Waals surface area contributed by atoms with Crippen LogP contribution in [0.15, 0.2) is 54.6 Å². The molecule has 0 fully saturated rings. The Balaban J connectivity index is 2.16. The molecular weight excluding hydrogens is 244 g/mol. The van der Waals surface area contributed by atoms with Gasteiger partial charge in [-0.25, -0.2) is 0 Å². The van der Waals surface area contributed by atoms with Crippen LogP contribution in [-0.4, -0.2) is 5.78 Å². The normalized spacial score (nSPS) is 9.65. The summed E-state index contributed by atoms with van der Waals surface area (Å²) in [5, 5.41) is 0. The van der Waals surface area contributed by atoms with E-state index >= 15 is 0 Å². The second-order valence-corrected chi connectivity index (χ2v) is 4.67. The summed E-state index contributed by atoms with van der Waals surface area (Å²) < 4.78 is 0. The van der Waals surface area contributed by atoms with Gasteiger partial charge in [-0.3, -0.25) is 4.79 Å². The minimum absolute atomic E-state index is 0.302. The van der Waals surface area contributed by atoms with Crippen LogP contribution < -0.4 is 0 Å². The highest BCUT2D eigenvalue weighted by Gasteiger charge is 2.03. The van der Waals surface area contributed by atoms with Crippen molar-refractivity contribution in [3.8, 4) is 11.8 Å². The van der Waals surface area contributed by atoms with E-state index in [4.69, 9.17) is 0 Å². The maximum Gasteiger partial charge on any atom is 0.132 e. The van der Waals surface area contributed by atoms with Crippen molar-refractivity contribution >= 4 is 5.78 Å². The third-order valence-corrected chi connectivity index (χ3v) is 3.20. The predicted octanol–water partition coefficient (Wildman–Crippen LogP) is 4.00. The summed E-state index contributed by atoms with van der Waals surface area (Å²) in [6, 6.07) is 18.0. The Bertz CT molecular complexity index is 630. The van der Waals surface area contributed by atoms with Gasteiger partial charge < -0.3 is 0 Å². The molecule has 0 bridgehead atoms. The van der Waals surface area contributed by atoms with Crippen LogP contribution >= 0.6 is 0 Å². The molecule has 0 spiro atoms. The molecule has 20 heavy (non-hydrogen) atoms. The monoisotopic (exact) mass is 262 g/mol. The molecule has 100 valence electrons. The lowest BCUT2D eigenvalue weighted by atomic mass is 10.0. The summed E-state index contributed by atoms with van der Waals surface area (Å²) in [5.74, 6) is 6.68. The highest BCUT2D eigenvalue weighted by molar-refractivity contribution is 5.78. The summed E-state index contributed by atoms with van der Waals surface area (Å²) in [6.45, 7) is 1.91. The SMILES string of the molecule is CCC(=O)CCc1ccccc1C#Cc1ccccc1. The van der Waals surface area contributed by atoms with Crippen molar-refractivity contribution in [2.45, 2.75) is 26.2 Å². The Hall–Kier alpha value is -2.33. The molecule has 0 heterocycles. The van der Waals surface area contributed by atoms with Crippen LogP contribution in [0.3, 0.4) is 0 Å². The Labute approximate surface area is 120 Å². The molecule has 0 radical (unpaired) electrons. The van der Waals surface area contributed by atoms with Gasteiger partial charge in [0.05, 0.1) is 0 Å². The van der Waals surface area contributed by atoms with E-state index in [1.165, 1.54) is 0 Å². The zero-order valence-corrected chi connectivity index (χ0v) is 11.7. The summed E-state index contributed by atoms with van der Waals surface area (Å²) >= 11 is 0. The number of aryl methyl sites for hydroxylation is 1. The van der Waals surface area contributed by atoms with Gasteiger partial charge in [-0.15, -0.1) is 0 Å². The van der Waals surface area contributed by atoms with Gasteiger partial charge in [0.1, 0.15) is 5.78 Å². The van der Waals surface area contributed by atoms with E-state index in [0.717, 1.165) is 23.1 Å². The molecule has 0 unspecified atom stereocenters. The third kappa shape index (κ3) is 4.10. The minimum atomic E-state index is 0.302. The fraction of sp³-hybridized carbons (Fsp3) is 0.211. The van der Waals surface area contributed by atoms with Gasteiger partial charge in [-0.2, -0.15) is 0 Å². The second-order valence-electron chi connectivity index (χ2n) is 4.67. The van der Waals surface area contributed by atoms with E-state index in [1.54, 1.807) is 0 Å². The maximum absolute atomic E-state index is 11.4. The van der Waals surface area contributed by atoms with Crippen molar-refractivity contribution in [2.24, 2.45) is 0 Å². The minimum Gasteiger partial charge on any atom is -0.300 e. The Kier molecular flexibility index (Phi) is 5.15. The molecule has 1 heteroatoms. The van der Waals surface area contributed by atoms with Crippen LogP contribution in [0.2, 0.25) is 0 Å². The van der Waals surface area contributed by atoms with Gasteiger partial charge in [0, 0.05) is 24.0 Å². The summed E-state index contributed by atoms with van der Waals surface area (Å²) in [5.41, 5.74) is 3.17. The molecule has 2 rings (SSSR count). The van der Waals surface area contributed by atoms with Crippen LogP contribution in [0.25, 0.3) is 0 Å². The van der Waals surface area contributed by atoms with Crippen LogP contribution in [0.5, 0.6) is 0 Å². The number of Topliss-reactive ketones (excluding diaryl/α,β-unsaturated/α-hetero) is 1. The highest BCUT2D eigenvalue weighted by atomic mass is 16.1. The third-order valence-electron chi connectivity index (χ3n) is 3.20. The molecule has 0 amide bonds. The molecular formula is C19H18O. The number of hydrogen-bond acceptors (Lipinski definition) is 1. The first kappa shape index (κ1) is 14.1. The fourth-order valence-corrected chi connectivity index (χ4v) is 1.97. The average Bonchev–Trinajstić information content (AvgIpc) is 2.52. The van der Waals surface area contributed by atoms with Gasteiger partial charge >= 0.3 is 0 Å². The first-order valence-corrected chi connectivity index (χ1v) is 6.96. The lowest BCUT2D eigenvalue weighted by molar-refractivity contribution is -0.118. The topological polar surface area (TPSA) is 17.1 Å². The molecule has 0 saturated heterocycles. The number of carbonyl (C=O) groups is 1. The van der Waals surface area contributed by atoms with E-state index < -0.39 is 0 Å². The first-order chi connectivity index (χ1) is 9.79. The predicted molar refractivity (Wildman–Crippen MR) is 82.5 cm³/mol. The fourth-order valence-electron chi connectivity index (χ4n) is 1.97. The van der Waals surface area contributed by atoms with Gasteiger partial charge in [0.2, 0.25) is 0 Å². The molecule has 0 aliphatic carbocycles. The Morgan fingerprint density at radius 1 is 0.950 bits per heavy atom. The van der Waals surface area contributed by atoms with E-state index in [-0.39, 0.29) is 0 Å². The van der Waals surface area contributed by atoms with E-state index in [2.05, 4.69) is 17.9 Å². The summed E-state index contributed by atoms with van der Waals surface area (Å²) in [7, 11) is 0. The van der Waals surface area contributed by atoms with Gasteiger partial charge in [-0.05, 0) is 30.2 Å². The van der Waals surface area contributed by atoms with Gasteiger partial charge in [-0.1, -0.05) is 55.2 Å². The first-order valence-electron chi connectivity index (χ1n) is 6.96. The van der Waals surface area contributed by atoms with Crippen molar-refractivity contribution in [2.75, 3.05) is 0 Å². The van der Waals surface area contributed by atoms with Crippen molar-refractivity contribution in [1.82, 2.24) is 0 Å². The van der Waals surface area contributed by atoms with Crippen LogP contribution in [0.1, 0.15) is 36.5 Å². The summed E-state index contributed by atoms with van der Waals surface area (Å²) in [6.07, 6.45) is 1.98. The lowest BCUT2D eigenvalue weighted by Crippen LogP contribution is -1.99. The molecule has 2 aromatic rings. The second kappa shape index (κ2) is 7.31. The quantitative estimate of drug-likeness (QED) is 0.761. The van der Waals surface area contributed by atoms with Crippen LogP contribution in [-0.2, 0) is 11.2 Å². The zero-order valence-electron chi connectivity index (χ0n) is 11.7. The number of rotatable bonds is 4. The van der Waals surface area contributed by atoms with Crippen molar-refractivity contribution < 1.29 is 4.79 Å². The number of benzene rings is 2. The smallest absolute Gasteiger partial charge is 0.132 e. The van der Waals surface area contributed by atoms with Gasteiger partial charge in [0.15, 0.2) is 0 Å². The lowest BCUT2D eigenvalue weighted by Gasteiger charge is -2.03. The number of hydrogen-bond donors (Lipinski definition) is 0. The number of ketones is 1. The van der Waals surface area contributed by atoms with Crippen molar-refractivity contribution in [3.63, 3.8) is 0 Å². The molecule has 2 aromatic carbocycles. The van der Waals surface area contributed by atoms with E-state index in [0.29, 0.717) is 18.6 Å².